The molecule has 0 aliphatic rings. The number of rotatable bonds is 3. The molecule has 1 atom stereocenters. The van der Waals surface area contributed by atoms with Gasteiger partial charge in [-0.1, -0.05) is 6.92 Å². The van der Waals surface area contributed by atoms with Crippen molar-refractivity contribution in [3.63, 3.8) is 0 Å². The summed E-state index contributed by atoms with van der Waals surface area (Å²) in [5, 5.41) is 0. The Morgan fingerprint density at radius 3 is 2.11 bits per heavy atom. The Hall–Kier alpha value is 0.150. The van der Waals surface area contributed by atoms with E-state index in [4.69, 9.17) is 4.89 Å². The highest BCUT2D eigenvalue weighted by Crippen LogP contribution is 2.42. The quantitative estimate of drug-likeness (QED) is 0.615. The molecule has 9 heavy (non-hydrogen) atoms. The van der Waals surface area contributed by atoms with Gasteiger partial charge in [-0.25, -0.2) is 4.67 Å². The lowest BCUT2D eigenvalue weighted by atomic mass is 10.6. The molecule has 1 N–H and O–H groups in total. The molecule has 0 saturated heterocycles. The summed E-state index contributed by atoms with van der Waals surface area (Å²) in [4.78, 5) is 9.07. The Morgan fingerprint density at radius 2 is 2.00 bits per heavy atom. The van der Waals surface area contributed by atoms with E-state index in [-0.39, 0.29) is 0 Å². The molecule has 0 aromatic rings. The van der Waals surface area contributed by atoms with Crippen molar-refractivity contribution in [1.29, 1.82) is 0 Å². The van der Waals surface area contributed by atoms with Crippen LogP contribution >= 0.6 is 7.52 Å². The SMILES string of the molecule is CCCP(=O)(O)N(C)C. The molecule has 0 fully saturated rings. The summed E-state index contributed by atoms with van der Waals surface area (Å²) >= 11 is 0. The Kier molecular flexibility index (Phi) is 3.41. The van der Waals surface area contributed by atoms with Crippen LogP contribution in [0, 0.1) is 0 Å². The van der Waals surface area contributed by atoms with E-state index < -0.39 is 7.52 Å². The summed E-state index contributed by atoms with van der Waals surface area (Å²) in [6.45, 7) is 1.90. The molecule has 0 bridgehead atoms. The molecule has 4 heteroatoms. The zero-order chi connectivity index (χ0) is 7.49. The van der Waals surface area contributed by atoms with Gasteiger partial charge in [-0.05, 0) is 20.5 Å². The third kappa shape index (κ3) is 2.99. The van der Waals surface area contributed by atoms with Gasteiger partial charge in [0.15, 0.2) is 0 Å². The predicted molar refractivity (Wildman–Crippen MR) is 38.7 cm³/mol. The van der Waals surface area contributed by atoms with Crippen molar-refractivity contribution in [1.82, 2.24) is 4.67 Å². The van der Waals surface area contributed by atoms with Crippen molar-refractivity contribution < 1.29 is 9.46 Å². The molecule has 0 spiro atoms. The van der Waals surface area contributed by atoms with Gasteiger partial charge in [0, 0.05) is 6.16 Å². The van der Waals surface area contributed by atoms with Crippen LogP contribution in [0.2, 0.25) is 0 Å². The fraction of sp³-hybridized carbons (Fsp3) is 1.00. The second-order valence-electron chi connectivity index (χ2n) is 2.24. The summed E-state index contributed by atoms with van der Waals surface area (Å²) in [6.07, 6.45) is 1.14. The van der Waals surface area contributed by atoms with Gasteiger partial charge < -0.3 is 4.89 Å². The summed E-state index contributed by atoms with van der Waals surface area (Å²) in [6, 6.07) is 0. The highest BCUT2D eigenvalue weighted by molar-refractivity contribution is 7.55. The lowest BCUT2D eigenvalue weighted by Gasteiger charge is -2.16. The minimum atomic E-state index is -2.93. The first-order valence-corrected chi connectivity index (χ1v) is 4.80. The van der Waals surface area contributed by atoms with Crippen molar-refractivity contribution in [2.24, 2.45) is 0 Å². The van der Waals surface area contributed by atoms with E-state index in [1.807, 2.05) is 6.92 Å². The van der Waals surface area contributed by atoms with Crippen LogP contribution in [0.3, 0.4) is 0 Å². The highest BCUT2D eigenvalue weighted by Gasteiger charge is 2.18. The maximum absolute atomic E-state index is 11.0. The zero-order valence-corrected chi connectivity index (χ0v) is 7.06. The Balaban J connectivity index is 3.87. The third-order valence-electron chi connectivity index (χ3n) is 1.14. The highest BCUT2D eigenvalue weighted by atomic mass is 31.2. The molecule has 0 aliphatic heterocycles. The summed E-state index contributed by atoms with van der Waals surface area (Å²) in [7, 11) is 0.312. The second-order valence-corrected chi connectivity index (χ2v) is 4.81. The number of hydrogen-bond acceptors (Lipinski definition) is 1. The largest absolute Gasteiger partial charge is 0.333 e. The number of hydrogen-bond donors (Lipinski definition) is 1. The molecule has 0 amide bonds. The molecule has 0 rings (SSSR count). The molecule has 0 aromatic carbocycles. The van der Waals surface area contributed by atoms with E-state index in [9.17, 15) is 4.57 Å². The van der Waals surface area contributed by atoms with E-state index >= 15 is 0 Å². The average molecular weight is 151 g/mol. The Morgan fingerprint density at radius 1 is 1.56 bits per heavy atom. The van der Waals surface area contributed by atoms with Crippen LogP contribution in [-0.2, 0) is 4.57 Å². The molecule has 0 heterocycles. The maximum Gasteiger partial charge on any atom is 0.269 e. The van der Waals surface area contributed by atoms with Crippen LogP contribution < -0.4 is 0 Å². The molecule has 0 aromatic heterocycles. The average Bonchev–Trinajstić information content (AvgIpc) is 1.65. The van der Waals surface area contributed by atoms with Crippen molar-refractivity contribution in [2.45, 2.75) is 13.3 Å². The van der Waals surface area contributed by atoms with Crippen LogP contribution in [-0.4, -0.2) is 29.8 Å². The molecule has 0 radical (unpaired) electrons. The van der Waals surface area contributed by atoms with E-state index in [0.29, 0.717) is 6.16 Å². The second kappa shape index (κ2) is 3.35. The topological polar surface area (TPSA) is 40.5 Å². The third-order valence-corrected chi connectivity index (χ3v) is 3.42. The summed E-state index contributed by atoms with van der Waals surface area (Å²) < 4.78 is 12.4. The van der Waals surface area contributed by atoms with Gasteiger partial charge in [-0.15, -0.1) is 0 Å². The van der Waals surface area contributed by atoms with Crippen LogP contribution in [0.1, 0.15) is 13.3 Å². The van der Waals surface area contributed by atoms with E-state index in [1.54, 1.807) is 14.1 Å². The standard InChI is InChI=1S/C5H14NO2P/c1-4-5-9(7,8)6(2)3/h4-5H2,1-3H3,(H,7,8). The minimum absolute atomic E-state index is 0.389. The van der Waals surface area contributed by atoms with Crippen molar-refractivity contribution in [3.05, 3.63) is 0 Å². The van der Waals surface area contributed by atoms with Gasteiger partial charge in [0.1, 0.15) is 0 Å². The predicted octanol–water partition coefficient (Wildman–Crippen LogP) is 1.14. The van der Waals surface area contributed by atoms with Crippen LogP contribution in [0.5, 0.6) is 0 Å². The Bertz CT molecular complexity index is 124. The van der Waals surface area contributed by atoms with Crippen LogP contribution in [0.15, 0.2) is 0 Å². The normalized spacial score (nSPS) is 17.9. The van der Waals surface area contributed by atoms with Gasteiger partial charge in [-0.3, -0.25) is 4.57 Å². The van der Waals surface area contributed by atoms with Crippen molar-refractivity contribution in [2.75, 3.05) is 20.3 Å². The molecule has 0 aliphatic carbocycles. The molecule has 0 saturated carbocycles. The fourth-order valence-electron chi connectivity index (χ4n) is 0.491. The minimum Gasteiger partial charge on any atom is -0.333 e. The first-order valence-electron chi connectivity index (χ1n) is 3.00. The van der Waals surface area contributed by atoms with E-state index in [1.165, 1.54) is 4.67 Å². The van der Waals surface area contributed by atoms with Gasteiger partial charge >= 0.3 is 0 Å². The van der Waals surface area contributed by atoms with Crippen LogP contribution in [0.25, 0.3) is 0 Å². The van der Waals surface area contributed by atoms with Crippen LogP contribution in [0.4, 0.5) is 0 Å². The first-order chi connectivity index (χ1) is 4.00. The molecule has 56 valence electrons. The lowest BCUT2D eigenvalue weighted by Crippen LogP contribution is -2.09. The smallest absolute Gasteiger partial charge is 0.269 e. The van der Waals surface area contributed by atoms with Gasteiger partial charge in [0.2, 0.25) is 0 Å². The Labute approximate surface area is 56.2 Å². The fourth-order valence-corrected chi connectivity index (χ4v) is 1.47. The van der Waals surface area contributed by atoms with Crippen molar-refractivity contribution in [3.8, 4) is 0 Å². The molecule has 1 unspecified atom stereocenters. The maximum atomic E-state index is 11.0. The first kappa shape index (κ1) is 9.15. The van der Waals surface area contributed by atoms with Gasteiger partial charge in [0.05, 0.1) is 0 Å². The summed E-state index contributed by atoms with van der Waals surface area (Å²) in [5.74, 6) is 0. The van der Waals surface area contributed by atoms with E-state index in [2.05, 4.69) is 0 Å². The zero-order valence-electron chi connectivity index (χ0n) is 6.16. The van der Waals surface area contributed by atoms with Crippen molar-refractivity contribution >= 4 is 7.52 Å². The molecular weight excluding hydrogens is 137 g/mol. The lowest BCUT2D eigenvalue weighted by molar-refractivity contribution is 0.409. The van der Waals surface area contributed by atoms with E-state index in [0.717, 1.165) is 6.42 Å². The van der Waals surface area contributed by atoms with Gasteiger partial charge in [-0.2, -0.15) is 0 Å². The monoisotopic (exact) mass is 151 g/mol. The molecule has 3 nitrogen and oxygen atoms in total. The number of nitrogens with zero attached hydrogens (tertiary/aromatic N) is 1. The summed E-state index contributed by atoms with van der Waals surface area (Å²) in [5.41, 5.74) is 0. The molecular formula is C5H14NO2P. The van der Waals surface area contributed by atoms with Gasteiger partial charge in [0.25, 0.3) is 7.52 Å².